The van der Waals surface area contributed by atoms with Crippen molar-refractivity contribution in [2.24, 2.45) is 0 Å². The Bertz CT molecular complexity index is 607. The molecule has 0 radical (unpaired) electrons. The fourth-order valence-corrected chi connectivity index (χ4v) is 1.71. The molecule has 2 rings (SSSR count). The topological polar surface area (TPSA) is 72.3 Å². The maximum atomic E-state index is 11.0. The summed E-state index contributed by atoms with van der Waals surface area (Å²) in [4.78, 5) is 18.6. The molecule has 0 atom stereocenters. The third-order valence-corrected chi connectivity index (χ3v) is 2.57. The van der Waals surface area contributed by atoms with Gasteiger partial charge in [0.25, 0.3) is 0 Å². The summed E-state index contributed by atoms with van der Waals surface area (Å²) in [7, 11) is 0. The van der Waals surface area contributed by atoms with Gasteiger partial charge in [0.2, 0.25) is 0 Å². The fourth-order valence-electron chi connectivity index (χ4n) is 1.23. The van der Waals surface area contributed by atoms with E-state index in [4.69, 9.17) is 21.4 Å². The third kappa shape index (κ3) is 2.96. The van der Waals surface area contributed by atoms with Gasteiger partial charge in [-0.3, -0.25) is 4.98 Å². The first-order valence-corrected chi connectivity index (χ1v) is 5.90. The van der Waals surface area contributed by atoms with E-state index in [1.54, 1.807) is 0 Å². The number of aromatic carboxylic acids is 1. The van der Waals surface area contributed by atoms with Crippen LogP contribution in [0.25, 0.3) is 0 Å². The Hall–Kier alpha value is -1.66. The van der Waals surface area contributed by atoms with Crippen LogP contribution in [-0.4, -0.2) is 21.0 Å². The SMILES string of the molecule is O=C(O)c1ncc(Br)cc1Oc1cncc(Cl)c1. The predicted molar refractivity (Wildman–Crippen MR) is 68.2 cm³/mol. The van der Waals surface area contributed by atoms with Crippen LogP contribution in [0.1, 0.15) is 10.5 Å². The van der Waals surface area contributed by atoms with Crippen LogP contribution in [0, 0.1) is 0 Å². The maximum Gasteiger partial charge on any atom is 0.358 e. The molecule has 0 amide bonds. The fraction of sp³-hybridized carbons (Fsp3) is 0. The second-order valence-electron chi connectivity index (χ2n) is 3.25. The number of carbonyl (C=O) groups is 1. The highest BCUT2D eigenvalue weighted by molar-refractivity contribution is 9.10. The van der Waals surface area contributed by atoms with Gasteiger partial charge in [0.15, 0.2) is 11.4 Å². The van der Waals surface area contributed by atoms with Crippen molar-refractivity contribution in [3.63, 3.8) is 0 Å². The monoisotopic (exact) mass is 328 g/mol. The molecule has 18 heavy (non-hydrogen) atoms. The number of ether oxygens (including phenoxy) is 1. The van der Waals surface area contributed by atoms with Gasteiger partial charge in [0.05, 0.1) is 11.2 Å². The molecule has 0 fully saturated rings. The lowest BCUT2D eigenvalue weighted by atomic mass is 10.3. The molecule has 2 heterocycles. The highest BCUT2D eigenvalue weighted by Gasteiger charge is 2.14. The van der Waals surface area contributed by atoms with E-state index in [9.17, 15) is 4.79 Å². The Morgan fingerprint density at radius 1 is 1.33 bits per heavy atom. The first-order chi connectivity index (χ1) is 8.56. The van der Waals surface area contributed by atoms with Crippen molar-refractivity contribution < 1.29 is 14.6 Å². The lowest BCUT2D eigenvalue weighted by molar-refractivity contribution is 0.0687. The molecule has 1 N–H and O–H groups in total. The van der Waals surface area contributed by atoms with E-state index in [0.717, 1.165) is 0 Å². The highest BCUT2D eigenvalue weighted by Crippen LogP contribution is 2.27. The standard InChI is InChI=1S/C11H6BrClN2O3/c12-6-1-9(10(11(16)17)15-3-6)18-8-2-7(13)4-14-5-8/h1-5H,(H,16,17). The molecule has 0 spiro atoms. The summed E-state index contributed by atoms with van der Waals surface area (Å²) >= 11 is 8.96. The minimum atomic E-state index is -1.17. The molecule has 5 nitrogen and oxygen atoms in total. The molecule has 0 unspecified atom stereocenters. The number of carboxylic acid groups (broad SMARTS) is 1. The summed E-state index contributed by atoms with van der Waals surface area (Å²) in [5.74, 6) is -0.724. The second kappa shape index (κ2) is 5.32. The van der Waals surface area contributed by atoms with Crippen molar-refractivity contribution in [1.82, 2.24) is 9.97 Å². The number of hydrogen-bond acceptors (Lipinski definition) is 4. The molecular formula is C11H6BrClN2O3. The van der Waals surface area contributed by atoms with Crippen LogP contribution in [0.5, 0.6) is 11.5 Å². The van der Waals surface area contributed by atoms with Crippen molar-refractivity contribution in [3.05, 3.63) is 45.9 Å². The molecule has 0 aliphatic carbocycles. The van der Waals surface area contributed by atoms with Gasteiger partial charge in [-0.25, -0.2) is 9.78 Å². The first-order valence-electron chi connectivity index (χ1n) is 4.73. The van der Waals surface area contributed by atoms with E-state index in [1.807, 2.05) is 0 Å². The van der Waals surface area contributed by atoms with Crippen LogP contribution < -0.4 is 4.74 Å². The predicted octanol–water partition coefficient (Wildman–Crippen LogP) is 3.38. The molecule has 0 saturated carbocycles. The molecule has 92 valence electrons. The van der Waals surface area contributed by atoms with Crippen LogP contribution in [0.3, 0.4) is 0 Å². The Labute approximate surface area is 116 Å². The Morgan fingerprint density at radius 2 is 2.11 bits per heavy atom. The van der Waals surface area contributed by atoms with Crippen molar-refractivity contribution in [2.45, 2.75) is 0 Å². The van der Waals surface area contributed by atoms with Gasteiger partial charge in [-0.2, -0.15) is 0 Å². The smallest absolute Gasteiger partial charge is 0.358 e. The molecular weight excluding hydrogens is 323 g/mol. The Morgan fingerprint density at radius 3 is 2.78 bits per heavy atom. The first kappa shape index (κ1) is 12.8. The van der Waals surface area contributed by atoms with E-state index < -0.39 is 5.97 Å². The van der Waals surface area contributed by atoms with Gasteiger partial charge in [-0.1, -0.05) is 11.6 Å². The van der Waals surface area contributed by atoms with E-state index in [-0.39, 0.29) is 11.4 Å². The van der Waals surface area contributed by atoms with Gasteiger partial charge in [0, 0.05) is 22.9 Å². The molecule has 2 aromatic heterocycles. The van der Waals surface area contributed by atoms with Crippen LogP contribution in [0.2, 0.25) is 5.02 Å². The summed E-state index contributed by atoms with van der Waals surface area (Å²) in [6, 6.07) is 3.04. The van der Waals surface area contributed by atoms with Gasteiger partial charge in [-0.15, -0.1) is 0 Å². The van der Waals surface area contributed by atoms with Gasteiger partial charge >= 0.3 is 5.97 Å². The number of pyridine rings is 2. The summed E-state index contributed by atoms with van der Waals surface area (Å²) in [5.41, 5.74) is -0.182. The highest BCUT2D eigenvalue weighted by atomic mass is 79.9. The van der Waals surface area contributed by atoms with E-state index in [2.05, 4.69) is 25.9 Å². The molecule has 2 aromatic rings. The van der Waals surface area contributed by atoms with Gasteiger partial charge in [-0.05, 0) is 22.0 Å². The van der Waals surface area contributed by atoms with Crippen molar-refractivity contribution in [2.75, 3.05) is 0 Å². The van der Waals surface area contributed by atoms with E-state index in [1.165, 1.54) is 30.7 Å². The Kier molecular flexibility index (Phi) is 3.78. The number of carboxylic acids is 1. The molecule has 0 aliphatic rings. The zero-order valence-electron chi connectivity index (χ0n) is 8.80. The van der Waals surface area contributed by atoms with E-state index in [0.29, 0.717) is 15.2 Å². The van der Waals surface area contributed by atoms with Crippen molar-refractivity contribution in [3.8, 4) is 11.5 Å². The largest absolute Gasteiger partial charge is 0.476 e. The second-order valence-corrected chi connectivity index (χ2v) is 4.60. The molecule has 0 aliphatic heterocycles. The number of rotatable bonds is 3. The van der Waals surface area contributed by atoms with Crippen LogP contribution in [-0.2, 0) is 0 Å². The summed E-state index contributed by atoms with van der Waals surface area (Å²) < 4.78 is 6.02. The number of halogens is 2. The lowest BCUT2D eigenvalue weighted by Gasteiger charge is -2.08. The minimum Gasteiger partial charge on any atom is -0.476 e. The molecule has 0 saturated heterocycles. The average molecular weight is 330 g/mol. The minimum absolute atomic E-state index is 0.112. The lowest BCUT2D eigenvalue weighted by Crippen LogP contribution is -2.03. The van der Waals surface area contributed by atoms with Gasteiger partial charge < -0.3 is 9.84 Å². The summed E-state index contributed by atoms with van der Waals surface area (Å²) in [6.45, 7) is 0. The molecule has 7 heteroatoms. The quantitative estimate of drug-likeness (QED) is 0.934. The third-order valence-electron chi connectivity index (χ3n) is 1.93. The zero-order valence-corrected chi connectivity index (χ0v) is 11.1. The zero-order chi connectivity index (χ0) is 13.1. The van der Waals surface area contributed by atoms with Crippen LogP contribution in [0.15, 0.2) is 35.2 Å². The van der Waals surface area contributed by atoms with Crippen LogP contribution in [0.4, 0.5) is 0 Å². The van der Waals surface area contributed by atoms with Crippen molar-refractivity contribution >= 4 is 33.5 Å². The van der Waals surface area contributed by atoms with Gasteiger partial charge in [0.1, 0.15) is 5.75 Å². The van der Waals surface area contributed by atoms with Crippen molar-refractivity contribution in [1.29, 1.82) is 0 Å². The summed E-state index contributed by atoms with van der Waals surface area (Å²) in [6.07, 6.45) is 4.26. The molecule has 0 aromatic carbocycles. The number of nitrogens with zero attached hydrogens (tertiary/aromatic N) is 2. The molecule has 0 bridgehead atoms. The van der Waals surface area contributed by atoms with E-state index >= 15 is 0 Å². The maximum absolute atomic E-state index is 11.0. The summed E-state index contributed by atoms with van der Waals surface area (Å²) in [5, 5.41) is 9.39. The normalized spacial score (nSPS) is 10.1. The average Bonchev–Trinajstić information content (AvgIpc) is 2.28. The Balaban J connectivity index is 2.39. The number of aromatic nitrogens is 2. The van der Waals surface area contributed by atoms with Crippen LogP contribution >= 0.6 is 27.5 Å². The number of hydrogen-bond donors (Lipinski definition) is 1.